The molecule has 24 heavy (non-hydrogen) atoms. The van der Waals surface area contributed by atoms with Crippen LogP contribution in [0.5, 0.6) is 0 Å². The van der Waals surface area contributed by atoms with Crippen LogP contribution in [0.25, 0.3) is 0 Å². The lowest BCUT2D eigenvalue weighted by atomic mass is 9.99. The first-order chi connectivity index (χ1) is 11.6. The third-order valence-electron chi connectivity index (χ3n) is 3.74. The lowest BCUT2D eigenvalue weighted by molar-refractivity contribution is -0.155. The highest BCUT2D eigenvalue weighted by molar-refractivity contribution is 7.80. The summed E-state index contributed by atoms with van der Waals surface area (Å²) < 4.78 is 5.43. The Morgan fingerprint density at radius 2 is 1.67 bits per heavy atom. The number of benzene rings is 2. The van der Waals surface area contributed by atoms with E-state index in [-0.39, 0.29) is 12.2 Å². The number of thiol groups is 1. The van der Waals surface area contributed by atoms with E-state index < -0.39 is 12.1 Å². The molecule has 2 aromatic rings. The van der Waals surface area contributed by atoms with Crippen LogP contribution in [0.15, 0.2) is 54.6 Å². The molecule has 0 bridgehead atoms. The lowest BCUT2D eigenvalue weighted by Gasteiger charge is -2.17. The van der Waals surface area contributed by atoms with E-state index in [1.165, 1.54) is 0 Å². The number of Topliss-reactive ketones (excluding diaryl/α,β-unsaturated/α-hetero) is 1. The number of hydrogen-bond donors (Lipinski definition) is 1. The van der Waals surface area contributed by atoms with Crippen LogP contribution in [0.2, 0.25) is 0 Å². The molecule has 0 aliphatic rings. The van der Waals surface area contributed by atoms with Crippen molar-refractivity contribution in [2.45, 2.75) is 32.3 Å². The summed E-state index contributed by atoms with van der Waals surface area (Å²) in [6, 6.07) is 17.3. The number of aryl methyl sites for hydroxylation is 2. The molecule has 0 spiro atoms. The predicted octanol–water partition coefficient (Wildman–Crippen LogP) is 4.10. The summed E-state index contributed by atoms with van der Waals surface area (Å²) in [7, 11) is 0. The fourth-order valence-corrected chi connectivity index (χ4v) is 2.57. The van der Waals surface area contributed by atoms with Gasteiger partial charge >= 0.3 is 5.97 Å². The van der Waals surface area contributed by atoms with Gasteiger partial charge in [-0.2, -0.15) is 12.6 Å². The highest BCUT2D eigenvalue weighted by atomic mass is 32.1. The minimum absolute atomic E-state index is 0.0878. The topological polar surface area (TPSA) is 43.4 Å². The van der Waals surface area contributed by atoms with Crippen molar-refractivity contribution in [1.29, 1.82) is 0 Å². The second-order valence-electron chi connectivity index (χ2n) is 5.71. The average molecular weight is 342 g/mol. The van der Waals surface area contributed by atoms with Crippen LogP contribution in [0.4, 0.5) is 0 Å². The quantitative estimate of drug-likeness (QED) is 0.580. The van der Waals surface area contributed by atoms with Crippen LogP contribution in [0, 0.1) is 6.92 Å². The van der Waals surface area contributed by atoms with Crippen LogP contribution in [0.1, 0.15) is 35.6 Å². The first-order valence-electron chi connectivity index (χ1n) is 8.03. The van der Waals surface area contributed by atoms with Gasteiger partial charge in [0.2, 0.25) is 0 Å². The number of ether oxygens (including phenoxy) is 1. The maximum absolute atomic E-state index is 12.6. The van der Waals surface area contributed by atoms with Gasteiger partial charge in [-0.25, -0.2) is 0 Å². The monoisotopic (exact) mass is 342 g/mol. The molecular formula is C20H22O3S. The number of hydrogen-bond acceptors (Lipinski definition) is 4. The maximum Gasteiger partial charge on any atom is 0.307 e. The zero-order valence-corrected chi connectivity index (χ0v) is 14.7. The Balaban J connectivity index is 2.10. The summed E-state index contributed by atoms with van der Waals surface area (Å²) in [6.07, 6.45) is 0.307. The van der Waals surface area contributed by atoms with E-state index in [9.17, 15) is 9.59 Å². The molecule has 0 N–H and O–H groups in total. The molecule has 0 aliphatic carbocycles. The van der Waals surface area contributed by atoms with Gasteiger partial charge in [-0.3, -0.25) is 9.59 Å². The second kappa shape index (κ2) is 9.28. The molecule has 3 nitrogen and oxygen atoms in total. The normalized spacial score (nSPS) is 11.8. The van der Waals surface area contributed by atoms with E-state index in [2.05, 4.69) is 12.6 Å². The van der Waals surface area contributed by atoms with Gasteiger partial charge < -0.3 is 4.74 Å². The zero-order chi connectivity index (χ0) is 17.4. The molecule has 0 aliphatic heterocycles. The predicted molar refractivity (Wildman–Crippen MR) is 98.3 cm³/mol. The van der Waals surface area contributed by atoms with E-state index in [0.717, 1.165) is 11.1 Å². The minimum Gasteiger partial charge on any atom is -0.449 e. The van der Waals surface area contributed by atoms with Gasteiger partial charge in [0.05, 0.1) is 6.42 Å². The van der Waals surface area contributed by atoms with Crippen molar-refractivity contribution in [2.24, 2.45) is 0 Å². The molecule has 0 radical (unpaired) electrons. The van der Waals surface area contributed by atoms with Gasteiger partial charge in [0, 0.05) is 12.2 Å². The third kappa shape index (κ3) is 5.53. The first kappa shape index (κ1) is 18.3. The van der Waals surface area contributed by atoms with E-state index in [1.807, 2.05) is 61.5 Å². The van der Waals surface area contributed by atoms with E-state index in [4.69, 9.17) is 4.74 Å². The van der Waals surface area contributed by atoms with Gasteiger partial charge in [0.1, 0.15) is 0 Å². The smallest absolute Gasteiger partial charge is 0.307 e. The van der Waals surface area contributed by atoms with E-state index in [0.29, 0.717) is 24.2 Å². The number of esters is 1. The van der Waals surface area contributed by atoms with Crippen molar-refractivity contribution in [3.05, 3.63) is 71.3 Å². The van der Waals surface area contributed by atoms with E-state index >= 15 is 0 Å². The minimum atomic E-state index is -0.846. The third-order valence-corrected chi connectivity index (χ3v) is 3.96. The SMILES string of the molecule is Cc1ccc(C(OC(=O)CCS)C(=O)CCc2ccccc2)cc1. The standard InChI is InChI=1S/C20H22O3S/c1-15-7-10-17(11-8-15)20(23-19(22)13-14-24)18(21)12-9-16-5-3-2-4-6-16/h2-8,10-11,20,24H,9,12-14H2,1H3. The Kier molecular flexibility index (Phi) is 7.07. The molecule has 0 saturated heterocycles. The summed E-state index contributed by atoms with van der Waals surface area (Å²) in [5.74, 6) is -0.0867. The zero-order valence-electron chi connectivity index (χ0n) is 13.8. The fraction of sp³-hybridized carbons (Fsp3) is 0.300. The van der Waals surface area contributed by atoms with Crippen LogP contribution < -0.4 is 0 Å². The van der Waals surface area contributed by atoms with Crippen molar-refractivity contribution < 1.29 is 14.3 Å². The Bertz CT molecular complexity index is 665. The van der Waals surface area contributed by atoms with E-state index in [1.54, 1.807) is 0 Å². The fourth-order valence-electron chi connectivity index (χ4n) is 2.39. The first-order valence-corrected chi connectivity index (χ1v) is 8.67. The molecule has 2 aromatic carbocycles. The van der Waals surface area contributed by atoms with Gasteiger partial charge in [-0.05, 0) is 24.5 Å². The van der Waals surface area contributed by atoms with Crippen molar-refractivity contribution in [2.75, 3.05) is 5.75 Å². The molecule has 1 unspecified atom stereocenters. The average Bonchev–Trinajstić information content (AvgIpc) is 2.60. The Hall–Kier alpha value is -2.07. The summed E-state index contributed by atoms with van der Waals surface area (Å²) in [6.45, 7) is 1.98. The molecular weight excluding hydrogens is 320 g/mol. The van der Waals surface area contributed by atoms with Crippen molar-refractivity contribution in [1.82, 2.24) is 0 Å². The molecule has 0 amide bonds. The van der Waals surface area contributed by atoms with Gasteiger partial charge in [-0.1, -0.05) is 60.2 Å². The summed E-state index contributed by atoms with van der Waals surface area (Å²) >= 11 is 4.04. The highest BCUT2D eigenvalue weighted by Crippen LogP contribution is 2.22. The van der Waals surface area contributed by atoms with Gasteiger partial charge in [0.15, 0.2) is 11.9 Å². The van der Waals surface area contributed by atoms with Crippen molar-refractivity contribution in [3.63, 3.8) is 0 Å². The molecule has 0 saturated carbocycles. The molecule has 0 fully saturated rings. The number of rotatable bonds is 8. The largest absolute Gasteiger partial charge is 0.449 e. The Labute approximate surface area is 148 Å². The van der Waals surface area contributed by atoms with Crippen molar-refractivity contribution >= 4 is 24.4 Å². The highest BCUT2D eigenvalue weighted by Gasteiger charge is 2.24. The second-order valence-corrected chi connectivity index (χ2v) is 6.15. The molecule has 126 valence electrons. The lowest BCUT2D eigenvalue weighted by Crippen LogP contribution is -2.20. The molecule has 2 rings (SSSR count). The Morgan fingerprint density at radius 1 is 1.00 bits per heavy atom. The van der Waals surface area contributed by atoms with Crippen molar-refractivity contribution in [3.8, 4) is 0 Å². The summed E-state index contributed by atoms with van der Waals surface area (Å²) in [4.78, 5) is 24.5. The number of ketones is 1. The summed E-state index contributed by atoms with van der Waals surface area (Å²) in [5, 5.41) is 0. The molecule has 0 aromatic heterocycles. The van der Waals surface area contributed by atoms with Gasteiger partial charge in [-0.15, -0.1) is 0 Å². The Morgan fingerprint density at radius 3 is 2.29 bits per heavy atom. The molecule has 0 heterocycles. The maximum atomic E-state index is 12.6. The number of carbonyl (C=O) groups excluding carboxylic acids is 2. The summed E-state index contributed by atoms with van der Waals surface area (Å²) in [5.41, 5.74) is 2.90. The van der Waals surface area contributed by atoms with Crippen LogP contribution >= 0.6 is 12.6 Å². The van der Waals surface area contributed by atoms with Crippen LogP contribution in [0.3, 0.4) is 0 Å². The van der Waals surface area contributed by atoms with Crippen LogP contribution in [-0.2, 0) is 20.7 Å². The molecule has 1 atom stereocenters. The molecule has 4 heteroatoms. The van der Waals surface area contributed by atoms with Gasteiger partial charge in [0.25, 0.3) is 0 Å². The number of carbonyl (C=O) groups is 2. The van der Waals surface area contributed by atoms with Crippen LogP contribution in [-0.4, -0.2) is 17.5 Å².